The van der Waals surface area contributed by atoms with Crippen LogP contribution in [0.3, 0.4) is 0 Å². The smallest absolute Gasteiger partial charge is 0.174 e. The molecule has 0 unspecified atom stereocenters. The lowest BCUT2D eigenvalue weighted by atomic mass is 10.2. The molecule has 17 heavy (non-hydrogen) atoms. The number of nitrogens with zero attached hydrogens (tertiary/aromatic N) is 1. The number of hydrogen-bond donors (Lipinski definition) is 1. The van der Waals surface area contributed by atoms with Crippen LogP contribution in [-0.4, -0.2) is 5.16 Å². The Morgan fingerprint density at radius 3 is 2.82 bits per heavy atom. The molecule has 2 rings (SSSR count). The second-order valence-electron chi connectivity index (χ2n) is 3.35. The fourth-order valence-electron chi connectivity index (χ4n) is 1.39. The van der Waals surface area contributed by atoms with E-state index < -0.39 is 0 Å². The van der Waals surface area contributed by atoms with Gasteiger partial charge < -0.3 is 15.0 Å². The van der Waals surface area contributed by atoms with E-state index in [1.165, 1.54) is 0 Å². The number of ether oxygens (including phenoxy) is 1. The Morgan fingerprint density at radius 1 is 1.35 bits per heavy atom. The van der Waals surface area contributed by atoms with E-state index >= 15 is 0 Å². The van der Waals surface area contributed by atoms with E-state index in [0.29, 0.717) is 28.1 Å². The Bertz CT molecular complexity index is 500. The predicted octanol–water partition coefficient (Wildman–Crippen LogP) is 3.02. The monoisotopic (exact) mass is 272 g/mol. The van der Waals surface area contributed by atoms with Crippen molar-refractivity contribution in [3.63, 3.8) is 0 Å². The van der Waals surface area contributed by atoms with Crippen LogP contribution >= 0.6 is 23.2 Å². The SMILES string of the molecule is NCc1cc(Cl)cc(Cl)c1OCc1ccno1. The van der Waals surface area contributed by atoms with Crippen molar-refractivity contribution >= 4 is 23.2 Å². The van der Waals surface area contributed by atoms with Gasteiger partial charge in [-0.2, -0.15) is 0 Å². The fourth-order valence-corrected chi connectivity index (χ4v) is 1.98. The highest BCUT2D eigenvalue weighted by Gasteiger charge is 2.10. The maximum atomic E-state index is 6.04. The quantitative estimate of drug-likeness (QED) is 0.930. The minimum Gasteiger partial charge on any atom is -0.484 e. The van der Waals surface area contributed by atoms with Crippen LogP contribution in [0.15, 0.2) is 28.9 Å². The van der Waals surface area contributed by atoms with E-state index in [2.05, 4.69) is 5.16 Å². The Labute approximate surface area is 108 Å². The van der Waals surface area contributed by atoms with E-state index in [0.717, 1.165) is 5.56 Å². The Morgan fingerprint density at radius 2 is 2.18 bits per heavy atom. The summed E-state index contributed by atoms with van der Waals surface area (Å²) in [5.74, 6) is 1.13. The van der Waals surface area contributed by atoms with Gasteiger partial charge in [0.15, 0.2) is 5.76 Å². The maximum absolute atomic E-state index is 6.04. The molecule has 0 aliphatic heterocycles. The average molecular weight is 273 g/mol. The number of rotatable bonds is 4. The summed E-state index contributed by atoms with van der Waals surface area (Å²) >= 11 is 11.9. The number of benzene rings is 1. The van der Waals surface area contributed by atoms with Gasteiger partial charge in [-0.1, -0.05) is 28.4 Å². The molecular formula is C11H10Cl2N2O2. The van der Waals surface area contributed by atoms with Crippen molar-refractivity contribution in [3.8, 4) is 5.75 Å². The zero-order chi connectivity index (χ0) is 12.3. The lowest BCUT2D eigenvalue weighted by Gasteiger charge is -2.11. The van der Waals surface area contributed by atoms with E-state index in [1.54, 1.807) is 24.4 Å². The zero-order valence-corrected chi connectivity index (χ0v) is 10.3. The molecule has 0 radical (unpaired) electrons. The van der Waals surface area contributed by atoms with Crippen molar-refractivity contribution in [2.24, 2.45) is 5.73 Å². The number of hydrogen-bond acceptors (Lipinski definition) is 4. The summed E-state index contributed by atoms with van der Waals surface area (Å²) in [7, 11) is 0. The summed E-state index contributed by atoms with van der Waals surface area (Å²) in [6, 6.07) is 5.05. The first-order valence-corrected chi connectivity index (χ1v) is 5.66. The van der Waals surface area contributed by atoms with Crippen LogP contribution in [-0.2, 0) is 13.2 Å². The van der Waals surface area contributed by atoms with Gasteiger partial charge in [-0.05, 0) is 12.1 Å². The molecule has 0 atom stereocenters. The molecule has 1 heterocycles. The van der Waals surface area contributed by atoms with Crippen molar-refractivity contribution in [3.05, 3.63) is 45.8 Å². The van der Waals surface area contributed by atoms with Gasteiger partial charge in [0.1, 0.15) is 12.4 Å². The van der Waals surface area contributed by atoms with Crippen LogP contribution in [0.2, 0.25) is 10.0 Å². The zero-order valence-electron chi connectivity index (χ0n) is 8.82. The third kappa shape index (κ3) is 2.91. The second-order valence-corrected chi connectivity index (χ2v) is 4.19. The highest BCUT2D eigenvalue weighted by atomic mass is 35.5. The first-order valence-electron chi connectivity index (χ1n) is 4.91. The molecule has 0 spiro atoms. The molecule has 6 heteroatoms. The molecule has 4 nitrogen and oxygen atoms in total. The molecule has 0 saturated heterocycles. The van der Waals surface area contributed by atoms with Crippen molar-refractivity contribution in [1.82, 2.24) is 5.16 Å². The number of aromatic nitrogens is 1. The molecule has 0 aliphatic carbocycles. The number of halogens is 2. The molecule has 2 N–H and O–H groups in total. The Balaban J connectivity index is 2.19. The first kappa shape index (κ1) is 12.2. The molecule has 2 aromatic rings. The Kier molecular flexibility index (Phi) is 3.89. The van der Waals surface area contributed by atoms with Gasteiger partial charge >= 0.3 is 0 Å². The van der Waals surface area contributed by atoms with Crippen molar-refractivity contribution in [2.75, 3.05) is 0 Å². The molecule has 0 bridgehead atoms. The summed E-state index contributed by atoms with van der Waals surface area (Å²) in [6.07, 6.45) is 1.55. The van der Waals surface area contributed by atoms with Crippen LogP contribution < -0.4 is 10.5 Å². The van der Waals surface area contributed by atoms with Crippen LogP contribution in [0.25, 0.3) is 0 Å². The minimum absolute atomic E-state index is 0.244. The molecule has 1 aromatic heterocycles. The minimum atomic E-state index is 0.244. The third-order valence-corrected chi connectivity index (χ3v) is 2.65. The van der Waals surface area contributed by atoms with Gasteiger partial charge in [-0.25, -0.2) is 0 Å². The summed E-state index contributed by atoms with van der Waals surface area (Å²) in [6.45, 7) is 0.542. The van der Waals surface area contributed by atoms with Gasteiger partial charge in [-0.3, -0.25) is 0 Å². The molecular weight excluding hydrogens is 263 g/mol. The van der Waals surface area contributed by atoms with Gasteiger partial charge in [-0.15, -0.1) is 0 Å². The third-order valence-electron chi connectivity index (χ3n) is 2.16. The summed E-state index contributed by atoms with van der Waals surface area (Å²) < 4.78 is 10.5. The standard InChI is InChI=1S/C11H10Cl2N2O2/c12-8-3-7(5-14)11(10(13)4-8)16-6-9-1-2-15-17-9/h1-4H,5-6,14H2. The predicted molar refractivity (Wildman–Crippen MR) is 65.2 cm³/mol. The molecule has 0 fully saturated rings. The van der Waals surface area contributed by atoms with E-state index in [4.69, 9.17) is 38.2 Å². The van der Waals surface area contributed by atoms with Crippen LogP contribution in [0.1, 0.15) is 11.3 Å². The molecule has 90 valence electrons. The van der Waals surface area contributed by atoms with E-state index in [-0.39, 0.29) is 6.61 Å². The maximum Gasteiger partial charge on any atom is 0.174 e. The molecule has 0 saturated carbocycles. The lowest BCUT2D eigenvalue weighted by molar-refractivity contribution is 0.247. The summed E-state index contributed by atoms with van der Waals surface area (Å²) in [4.78, 5) is 0. The topological polar surface area (TPSA) is 61.3 Å². The Hall–Kier alpha value is -1.23. The van der Waals surface area contributed by atoms with Crippen LogP contribution in [0.5, 0.6) is 5.75 Å². The molecule has 0 amide bonds. The van der Waals surface area contributed by atoms with Gasteiger partial charge in [0, 0.05) is 23.2 Å². The number of nitrogens with two attached hydrogens (primary N) is 1. The van der Waals surface area contributed by atoms with Crippen molar-refractivity contribution < 1.29 is 9.26 Å². The largest absolute Gasteiger partial charge is 0.484 e. The van der Waals surface area contributed by atoms with Gasteiger partial charge in [0.2, 0.25) is 0 Å². The van der Waals surface area contributed by atoms with Crippen LogP contribution in [0.4, 0.5) is 0 Å². The highest BCUT2D eigenvalue weighted by molar-refractivity contribution is 6.35. The fraction of sp³-hybridized carbons (Fsp3) is 0.182. The lowest BCUT2D eigenvalue weighted by Crippen LogP contribution is -2.03. The molecule has 1 aromatic carbocycles. The first-order chi connectivity index (χ1) is 8.20. The average Bonchev–Trinajstić information content (AvgIpc) is 2.79. The van der Waals surface area contributed by atoms with Gasteiger partial charge in [0.25, 0.3) is 0 Å². The van der Waals surface area contributed by atoms with E-state index in [9.17, 15) is 0 Å². The van der Waals surface area contributed by atoms with E-state index in [1.807, 2.05) is 0 Å². The summed E-state index contributed by atoms with van der Waals surface area (Å²) in [5.41, 5.74) is 6.36. The van der Waals surface area contributed by atoms with Crippen LogP contribution in [0, 0.1) is 0 Å². The van der Waals surface area contributed by atoms with Gasteiger partial charge in [0.05, 0.1) is 11.2 Å². The van der Waals surface area contributed by atoms with Crippen molar-refractivity contribution in [2.45, 2.75) is 13.2 Å². The van der Waals surface area contributed by atoms with Crippen molar-refractivity contribution in [1.29, 1.82) is 0 Å². The second kappa shape index (κ2) is 5.40. The normalized spacial score (nSPS) is 10.5. The molecule has 0 aliphatic rings. The highest BCUT2D eigenvalue weighted by Crippen LogP contribution is 2.32. The summed E-state index contributed by atoms with van der Waals surface area (Å²) in [5, 5.41) is 4.54.